The van der Waals surface area contributed by atoms with E-state index in [-0.39, 0.29) is 64.4 Å². The van der Waals surface area contributed by atoms with Crippen LogP contribution in [-0.2, 0) is 47.8 Å². The minimum Gasteiger partial charge on any atom is -0.458 e. The molecule has 9 atom stereocenters. The summed E-state index contributed by atoms with van der Waals surface area (Å²) in [6, 6.07) is 7.31. The first-order valence-corrected chi connectivity index (χ1v) is 17.6. The molecule has 0 N–H and O–H groups in total. The Bertz CT molecular complexity index is 1880. The lowest BCUT2D eigenvalue weighted by Crippen LogP contribution is -2.70. The molecule has 2 spiro atoms. The summed E-state index contributed by atoms with van der Waals surface area (Å²) in [5, 5.41) is 14.7. The molecule has 16 heteroatoms. The molecule has 2 saturated carbocycles. The van der Waals surface area contributed by atoms with Crippen molar-refractivity contribution in [2.24, 2.45) is 17.3 Å². The topological polar surface area (TPSA) is 196 Å². The van der Waals surface area contributed by atoms with Gasteiger partial charge < -0.3 is 38.4 Å². The van der Waals surface area contributed by atoms with Crippen LogP contribution >= 0.6 is 0 Å². The highest BCUT2D eigenvalue weighted by molar-refractivity contribution is 7.91. The number of epoxide rings is 3. The summed E-state index contributed by atoms with van der Waals surface area (Å²) < 4.78 is 72.7. The molecule has 3 aliphatic carbocycles. The normalized spacial score (nSPS) is 39.7. The van der Waals surface area contributed by atoms with E-state index in [2.05, 4.69) is 16.7 Å². The van der Waals surface area contributed by atoms with Crippen molar-refractivity contribution in [2.75, 3.05) is 20.0 Å². The van der Waals surface area contributed by atoms with Crippen molar-refractivity contribution in [1.29, 1.82) is 0 Å². The van der Waals surface area contributed by atoms with Crippen LogP contribution in [0.3, 0.4) is 0 Å². The average molecular weight is 687 g/mol. The van der Waals surface area contributed by atoms with Gasteiger partial charge in [-0.1, -0.05) is 39.0 Å². The first-order chi connectivity index (χ1) is 22.9. The molecule has 48 heavy (non-hydrogen) atoms. The summed E-state index contributed by atoms with van der Waals surface area (Å²) in [4.78, 5) is 25.4. The van der Waals surface area contributed by atoms with Gasteiger partial charge in [0.15, 0.2) is 18.5 Å². The van der Waals surface area contributed by atoms with Gasteiger partial charge in [-0.05, 0) is 53.7 Å². The number of hydrogen-bond acceptors (Lipinski definition) is 14. The molecule has 5 fully saturated rings. The Kier molecular flexibility index (Phi) is 6.21. The van der Waals surface area contributed by atoms with Gasteiger partial charge in [0.05, 0.1) is 29.2 Å². The molecule has 2 aromatic rings. The van der Waals surface area contributed by atoms with Gasteiger partial charge in [0, 0.05) is 11.0 Å². The third-order valence-electron chi connectivity index (χ3n) is 11.9. The highest BCUT2D eigenvalue weighted by Crippen LogP contribution is 2.83. The van der Waals surface area contributed by atoms with Crippen molar-refractivity contribution in [3.05, 3.63) is 46.7 Å². The van der Waals surface area contributed by atoms with Crippen molar-refractivity contribution in [3.8, 4) is 5.88 Å². The Hall–Kier alpha value is -3.57. The van der Waals surface area contributed by atoms with E-state index in [1.807, 2.05) is 13.8 Å². The standard InChI is InChI=1S/C32H34N2O13S/c1-16(2)30-23(45-30)24-32(46-24)29(3)11-9-18-19(14-41-27(18)36)20(29)13-21-31(32,44-21)28(30)43-22(35)10-12-40-15-42-25-26(34(37)47-33-25)48(38,39)17-7-5-4-6-8-17/h4-8,16,20-21,23-24,28H,9-15H2,1-3H3/t20-,21-,23-,24-,28+,29-,30-,31+,32+/m0/s1. The number of sulfone groups is 1. The SMILES string of the molecule is CC(C)[C@]12O[C@H]1[C@@H]1O[C@]13[C@]1(O[C@H]1C[C@H]1C4=C(CC[C@@]13C)C(=O)OC4)[C@@H]2OC(=O)CCOCOc1no[n+]([O-])c1S(=O)(=O)c1ccccc1. The van der Waals surface area contributed by atoms with Crippen LogP contribution < -0.4 is 9.64 Å². The van der Waals surface area contributed by atoms with Crippen molar-refractivity contribution < 1.29 is 60.7 Å². The van der Waals surface area contributed by atoms with Gasteiger partial charge in [-0.25, -0.2) is 13.2 Å². The van der Waals surface area contributed by atoms with E-state index >= 15 is 0 Å². The van der Waals surface area contributed by atoms with Gasteiger partial charge in [-0.2, -0.15) is 0 Å². The first-order valence-electron chi connectivity index (χ1n) is 16.2. The number of nitrogens with zero attached hydrogens (tertiary/aromatic N) is 2. The second-order valence-electron chi connectivity index (χ2n) is 14.2. The number of esters is 2. The van der Waals surface area contributed by atoms with Gasteiger partial charge >= 0.3 is 22.8 Å². The number of carbonyl (C=O) groups excluding carboxylic acids is 2. The molecule has 15 nitrogen and oxygen atoms in total. The molecular formula is C32H34N2O13S. The third kappa shape index (κ3) is 3.64. The second-order valence-corrected chi connectivity index (χ2v) is 16.0. The number of carbonyl (C=O) groups is 2. The molecule has 1 aromatic carbocycles. The van der Waals surface area contributed by atoms with E-state index in [1.54, 1.807) is 6.07 Å². The minimum atomic E-state index is -4.29. The van der Waals surface area contributed by atoms with E-state index in [1.165, 1.54) is 24.3 Å². The Morgan fingerprint density at radius 1 is 1.17 bits per heavy atom. The van der Waals surface area contributed by atoms with Gasteiger partial charge in [0.25, 0.3) is 9.84 Å². The predicted molar refractivity (Wildman–Crippen MR) is 154 cm³/mol. The molecule has 5 heterocycles. The summed E-state index contributed by atoms with van der Waals surface area (Å²) in [5.74, 6) is -1.28. The molecule has 0 unspecified atom stereocenters. The number of aromatic nitrogens is 2. The van der Waals surface area contributed by atoms with Crippen molar-refractivity contribution in [3.63, 3.8) is 0 Å². The lowest BCUT2D eigenvalue weighted by atomic mass is 9.46. The zero-order chi connectivity index (χ0) is 33.4. The molecule has 0 amide bonds. The van der Waals surface area contributed by atoms with Crippen LogP contribution in [0.4, 0.5) is 0 Å². The van der Waals surface area contributed by atoms with E-state index in [0.717, 1.165) is 17.6 Å². The number of ether oxygens (including phenoxy) is 7. The second kappa shape index (κ2) is 9.78. The zero-order valence-corrected chi connectivity index (χ0v) is 27.2. The Morgan fingerprint density at radius 3 is 2.73 bits per heavy atom. The number of hydrogen-bond donors (Lipinski definition) is 0. The van der Waals surface area contributed by atoms with E-state index < -0.39 is 56.4 Å². The quantitative estimate of drug-likeness (QED) is 0.115. The van der Waals surface area contributed by atoms with Gasteiger partial charge in [0.2, 0.25) is 0 Å². The van der Waals surface area contributed by atoms with Crippen LogP contribution in [-0.4, -0.2) is 86.7 Å². The fraction of sp³-hybridized carbons (Fsp3) is 0.625. The maximum Gasteiger partial charge on any atom is 0.417 e. The lowest BCUT2D eigenvalue weighted by Gasteiger charge is -2.53. The third-order valence-corrected chi connectivity index (χ3v) is 13.6. The van der Waals surface area contributed by atoms with Crippen LogP contribution in [0.5, 0.6) is 5.88 Å². The van der Waals surface area contributed by atoms with E-state index in [0.29, 0.717) is 19.4 Å². The molecule has 3 saturated heterocycles. The maximum absolute atomic E-state index is 13.4. The van der Waals surface area contributed by atoms with Crippen LogP contribution in [0.2, 0.25) is 0 Å². The summed E-state index contributed by atoms with van der Waals surface area (Å²) in [6.07, 6.45) is 0.440. The summed E-state index contributed by atoms with van der Waals surface area (Å²) in [5.41, 5.74) is -0.885. The maximum atomic E-state index is 13.4. The van der Waals surface area contributed by atoms with E-state index in [9.17, 15) is 23.2 Å². The predicted octanol–water partition coefficient (Wildman–Crippen LogP) is 1.55. The summed E-state index contributed by atoms with van der Waals surface area (Å²) in [7, 11) is -4.29. The lowest BCUT2D eigenvalue weighted by molar-refractivity contribution is -0.832. The molecule has 0 radical (unpaired) electrons. The van der Waals surface area contributed by atoms with Crippen LogP contribution in [0.25, 0.3) is 0 Å². The van der Waals surface area contributed by atoms with E-state index in [4.69, 9.17) is 33.2 Å². The van der Waals surface area contributed by atoms with Gasteiger partial charge in [0.1, 0.15) is 30.0 Å². The smallest absolute Gasteiger partial charge is 0.417 e. The van der Waals surface area contributed by atoms with Gasteiger partial charge in [-0.15, -0.1) is 0 Å². The number of rotatable bonds is 10. The molecule has 7 aliphatic rings. The largest absolute Gasteiger partial charge is 0.458 e. The summed E-state index contributed by atoms with van der Waals surface area (Å²) >= 11 is 0. The Balaban J connectivity index is 0.888. The fourth-order valence-corrected chi connectivity index (χ4v) is 10.9. The van der Waals surface area contributed by atoms with Crippen molar-refractivity contribution >= 4 is 21.8 Å². The average Bonchev–Trinajstić information content (AvgIpc) is 3.99. The van der Waals surface area contributed by atoms with Crippen LogP contribution in [0.1, 0.15) is 46.5 Å². The molecule has 1 aromatic heterocycles. The fourth-order valence-electron chi connectivity index (χ4n) is 9.59. The Morgan fingerprint density at radius 2 is 1.96 bits per heavy atom. The van der Waals surface area contributed by atoms with Gasteiger partial charge in [-0.3, -0.25) is 9.42 Å². The first kappa shape index (κ1) is 30.5. The molecule has 0 bridgehead atoms. The highest BCUT2D eigenvalue weighted by atomic mass is 32.2. The van der Waals surface area contributed by atoms with Crippen molar-refractivity contribution in [2.45, 2.75) is 97.6 Å². The van der Waals surface area contributed by atoms with Crippen LogP contribution in [0, 0.1) is 22.5 Å². The Labute approximate surface area is 274 Å². The highest BCUT2D eigenvalue weighted by Gasteiger charge is 3.01. The minimum absolute atomic E-state index is 0.00558. The molecule has 4 aliphatic heterocycles. The molecular weight excluding hydrogens is 652 g/mol. The molecule has 9 rings (SSSR count). The number of benzene rings is 1. The van der Waals surface area contributed by atoms with Crippen LogP contribution in [0.15, 0.2) is 56.0 Å². The number of cyclic esters (lactones) is 1. The number of fused-ring (bicyclic) bond motifs is 4. The molecule has 256 valence electrons. The van der Waals surface area contributed by atoms with Crippen molar-refractivity contribution in [1.82, 2.24) is 5.16 Å². The monoisotopic (exact) mass is 686 g/mol. The summed E-state index contributed by atoms with van der Waals surface area (Å²) in [6.45, 7) is 5.94. The zero-order valence-electron chi connectivity index (χ0n) is 26.4.